The lowest BCUT2D eigenvalue weighted by molar-refractivity contribution is 0.415. The number of methoxy groups -OCH3 is 1. The van der Waals surface area contributed by atoms with Crippen molar-refractivity contribution in [3.8, 4) is 34.2 Å². The molecule has 0 aliphatic heterocycles. The Labute approximate surface area is 222 Å². The van der Waals surface area contributed by atoms with Crippen LogP contribution in [-0.4, -0.2) is 23.6 Å². The highest BCUT2D eigenvalue weighted by atomic mass is 32.2. The van der Waals surface area contributed by atoms with Crippen molar-refractivity contribution >= 4 is 23.5 Å². The zero-order valence-corrected chi connectivity index (χ0v) is 22.7. The Morgan fingerprint density at radius 3 is 2.11 bits per heavy atom. The molecule has 0 radical (unpaired) electrons. The van der Waals surface area contributed by atoms with E-state index < -0.39 is 0 Å². The molecule has 0 aliphatic carbocycles. The molecule has 4 aromatic rings. The number of aromatic nitrogens is 1. The first-order valence-electron chi connectivity index (χ1n) is 11.9. The second kappa shape index (κ2) is 11.7. The maximum Gasteiger partial charge on any atom is 0.118 e. The van der Waals surface area contributed by atoms with Gasteiger partial charge in [0.05, 0.1) is 18.4 Å². The SMILES string of the molecule is COc1ccc(-c2cc(-c3ccccc3)c(C#N)c(SCCSc3ccc(C(C)(C)C)cc3)n2)cc1. The summed E-state index contributed by atoms with van der Waals surface area (Å²) in [5.74, 6) is 2.59. The molecular formula is C31H30N2OS2. The van der Waals surface area contributed by atoms with Gasteiger partial charge in [-0.3, -0.25) is 0 Å². The van der Waals surface area contributed by atoms with Gasteiger partial charge in [-0.2, -0.15) is 5.26 Å². The molecule has 3 nitrogen and oxygen atoms in total. The minimum Gasteiger partial charge on any atom is -0.497 e. The number of pyridine rings is 1. The van der Waals surface area contributed by atoms with Crippen LogP contribution in [0.1, 0.15) is 31.9 Å². The molecule has 5 heteroatoms. The van der Waals surface area contributed by atoms with Crippen molar-refractivity contribution in [3.63, 3.8) is 0 Å². The molecule has 0 spiro atoms. The number of hydrogen-bond donors (Lipinski definition) is 0. The maximum atomic E-state index is 10.1. The minimum atomic E-state index is 0.157. The van der Waals surface area contributed by atoms with Gasteiger partial charge in [0.2, 0.25) is 0 Å². The average molecular weight is 511 g/mol. The summed E-state index contributed by atoms with van der Waals surface area (Å²) in [5.41, 5.74) is 5.89. The van der Waals surface area contributed by atoms with Gasteiger partial charge in [0.1, 0.15) is 16.8 Å². The van der Waals surface area contributed by atoms with E-state index >= 15 is 0 Å². The molecule has 0 fully saturated rings. The van der Waals surface area contributed by atoms with Gasteiger partial charge in [-0.15, -0.1) is 23.5 Å². The van der Waals surface area contributed by atoms with Crippen LogP contribution in [0.5, 0.6) is 5.75 Å². The molecule has 4 rings (SSSR count). The van der Waals surface area contributed by atoms with Crippen molar-refractivity contribution < 1.29 is 4.74 Å². The number of benzene rings is 3. The molecule has 0 bridgehead atoms. The van der Waals surface area contributed by atoms with E-state index in [1.807, 2.05) is 72.4 Å². The Kier molecular flexibility index (Phi) is 8.40. The van der Waals surface area contributed by atoms with Crippen LogP contribution in [0, 0.1) is 11.3 Å². The third-order valence-electron chi connectivity index (χ3n) is 5.88. The van der Waals surface area contributed by atoms with E-state index in [0.717, 1.165) is 44.7 Å². The summed E-state index contributed by atoms with van der Waals surface area (Å²) in [6.07, 6.45) is 0. The highest BCUT2D eigenvalue weighted by molar-refractivity contribution is 8.03. The normalized spacial score (nSPS) is 11.2. The highest BCUT2D eigenvalue weighted by Gasteiger charge is 2.16. The summed E-state index contributed by atoms with van der Waals surface area (Å²) in [4.78, 5) is 6.19. The molecule has 0 N–H and O–H groups in total. The van der Waals surface area contributed by atoms with Gasteiger partial charge in [-0.1, -0.05) is 63.2 Å². The summed E-state index contributed by atoms with van der Waals surface area (Å²) >= 11 is 3.48. The van der Waals surface area contributed by atoms with Gasteiger partial charge in [-0.25, -0.2) is 4.98 Å². The van der Waals surface area contributed by atoms with Crippen LogP contribution in [0.3, 0.4) is 0 Å². The molecule has 0 saturated carbocycles. The maximum absolute atomic E-state index is 10.1. The zero-order chi connectivity index (χ0) is 25.5. The number of ether oxygens (including phenoxy) is 1. The lowest BCUT2D eigenvalue weighted by Crippen LogP contribution is -2.10. The first-order valence-corrected chi connectivity index (χ1v) is 13.9. The molecule has 0 unspecified atom stereocenters. The fourth-order valence-corrected chi connectivity index (χ4v) is 5.73. The van der Waals surface area contributed by atoms with Crippen LogP contribution in [-0.2, 0) is 5.41 Å². The Balaban J connectivity index is 1.57. The van der Waals surface area contributed by atoms with Gasteiger partial charge in [-0.05, 0) is 59.0 Å². The van der Waals surface area contributed by atoms with Gasteiger partial charge >= 0.3 is 0 Å². The summed E-state index contributed by atoms with van der Waals surface area (Å²) in [6, 6.07) is 31.2. The van der Waals surface area contributed by atoms with Crippen LogP contribution in [0.25, 0.3) is 22.4 Å². The van der Waals surface area contributed by atoms with Crippen LogP contribution >= 0.6 is 23.5 Å². The third kappa shape index (κ3) is 6.32. The van der Waals surface area contributed by atoms with E-state index in [9.17, 15) is 5.26 Å². The number of nitriles is 1. The van der Waals surface area contributed by atoms with Gasteiger partial charge in [0.25, 0.3) is 0 Å². The lowest BCUT2D eigenvalue weighted by atomic mass is 9.87. The Hall–Kier alpha value is -3.20. The first kappa shape index (κ1) is 25.9. The van der Waals surface area contributed by atoms with Crippen molar-refractivity contribution in [2.45, 2.75) is 36.1 Å². The molecular weight excluding hydrogens is 480 g/mol. The van der Waals surface area contributed by atoms with Crippen molar-refractivity contribution in [2.75, 3.05) is 18.6 Å². The van der Waals surface area contributed by atoms with Gasteiger partial charge in [0.15, 0.2) is 0 Å². The van der Waals surface area contributed by atoms with Crippen molar-refractivity contribution in [1.29, 1.82) is 5.26 Å². The average Bonchev–Trinajstić information content (AvgIpc) is 2.91. The Morgan fingerprint density at radius 1 is 0.833 bits per heavy atom. The molecule has 3 aromatic carbocycles. The summed E-state index contributed by atoms with van der Waals surface area (Å²) < 4.78 is 5.31. The monoisotopic (exact) mass is 510 g/mol. The summed E-state index contributed by atoms with van der Waals surface area (Å²) in [6.45, 7) is 6.69. The third-order valence-corrected chi connectivity index (χ3v) is 8.13. The summed E-state index contributed by atoms with van der Waals surface area (Å²) in [7, 11) is 1.66. The van der Waals surface area contributed by atoms with Crippen molar-refractivity contribution in [1.82, 2.24) is 4.98 Å². The molecule has 0 amide bonds. The number of hydrogen-bond acceptors (Lipinski definition) is 5. The topological polar surface area (TPSA) is 45.9 Å². The number of thioether (sulfide) groups is 2. The minimum absolute atomic E-state index is 0.157. The van der Waals surface area contributed by atoms with E-state index in [0.29, 0.717) is 5.56 Å². The Bertz CT molecular complexity index is 1340. The zero-order valence-electron chi connectivity index (χ0n) is 21.1. The van der Waals surface area contributed by atoms with E-state index in [4.69, 9.17) is 9.72 Å². The molecule has 1 aromatic heterocycles. The van der Waals surface area contributed by atoms with Crippen LogP contribution in [0.4, 0.5) is 0 Å². The first-order chi connectivity index (χ1) is 17.4. The van der Waals surface area contributed by atoms with Crippen molar-refractivity contribution in [3.05, 3.63) is 96.1 Å². The molecule has 0 aliphatic rings. The number of nitrogens with zero attached hydrogens (tertiary/aromatic N) is 2. The molecule has 182 valence electrons. The Morgan fingerprint density at radius 2 is 1.50 bits per heavy atom. The van der Waals surface area contributed by atoms with E-state index in [-0.39, 0.29) is 5.41 Å². The molecule has 36 heavy (non-hydrogen) atoms. The van der Waals surface area contributed by atoms with Crippen molar-refractivity contribution in [2.24, 2.45) is 0 Å². The van der Waals surface area contributed by atoms with Gasteiger partial charge in [0, 0.05) is 27.5 Å². The quantitative estimate of drug-likeness (QED) is 0.176. The molecule has 0 atom stereocenters. The van der Waals surface area contributed by atoms with Gasteiger partial charge < -0.3 is 4.74 Å². The fraction of sp³-hybridized carbons (Fsp3) is 0.226. The van der Waals surface area contributed by atoms with Crippen LogP contribution in [0.2, 0.25) is 0 Å². The fourth-order valence-electron chi connectivity index (χ4n) is 3.84. The molecule has 1 heterocycles. The number of rotatable bonds is 8. The summed E-state index contributed by atoms with van der Waals surface area (Å²) in [5, 5.41) is 10.9. The predicted octanol–water partition coefficient (Wildman–Crippen LogP) is 8.48. The molecule has 0 saturated heterocycles. The smallest absolute Gasteiger partial charge is 0.118 e. The van der Waals surface area contributed by atoms with E-state index in [1.165, 1.54) is 10.5 Å². The largest absolute Gasteiger partial charge is 0.497 e. The van der Waals surface area contributed by atoms with Crippen LogP contribution < -0.4 is 4.74 Å². The van der Waals surface area contributed by atoms with E-state index in [1.54, 1.807) is 18.9 Å². The lowest BCUT2D eigenvalue weighted by Gasteiger charge is -2.19. The standard InChI is InChI=1S/C31H30N2OS2/c1-31(2,3)24-12-16-26(17-13-24)35-18-19-36-30-28(21-32)27(22-8-6-5-7-9-22)20-29(33-30)23-10-14-25(34-4)15-11-23/h5-17,20H,18-19H2,1-4H3. The second-order valence-electron chi connectivity index (χ2n) is 9.41. The van der Waals surface area contributed by atoms with Crippen LogP contribution in [0.15, 0.2) is 94.9 Å². The second-order valence-corrected chi connectivity index (χ2v) is 11.7. The highest BCUT2D eigenvalue weighted by Crippen LogP contribution is 2.35. The predicted molar refractivity (Wildman–Crippen MR) is 153 cm³/mol. The van der Waals surface area contributed by atoms with E-state index in [2.05, 4.69) is 51.1 Å².